The van der Waals surface area contributed by atoms with E-state index >= 15 is 0 Å². The molecule has 2 aromatic rings. The second-order valence-corrected chi connectivity index (χ2v) is 5.96. The molecule has 0 saturated carbocycles. The van der Waals surface area contributed by atoms with E-state index in [1.54, 1.807) is 12.4 Å². The molecule has 0 atom stereocenters. The maximum atomic E-state index is 13.5. The first kappa shape index (κ1) is 13.6. The predicted octanol–water partition coefficient (Wildman–Crippen LogP) is 3.31. The summed E-state index contributed by atoms with van der Waals surface area (Å²) in [5, 5.41) is 3.90. The van der Waals surface area contributed by atoms with Gasteiger partial charge in [0.25, 0.3) is 0 Å². The van der Waals surface area contributed by atoms with Gasteiger partial charge < -0.3 is 9.88 Å². The Morgan fingerprint density at radius 3 is 2.85 bits per heavy atom. The molecule has 0 bridgehead atoms. The van der Waals surface area contributed by atoms with Crippen LogP contribution in [0.5, 0.6) is 0 Å². The average Bonchev–Trinajstić information content (AvgIpc) is 2.92. The van der Waals surface area contributed by atoms with Crippen LogP contribution in [0.15, 0.2) is 30.7 Å². The van der Waals surface area contributed by atoms with Gasteiger partial charge in [0.1, 0.15) is 5.82 Å². The number of benzene rings is 1. The fourth-order valence-electron chi connectivity index (χ4n) is 2.84. The van der Waals surface area contributed by atoms with Crippen LogP contribution >= 0.6 is 11.6 Å². The van der Waals surface area contributed by atoms with Gasteiger partial charge in [0.15, 0.2) is 0 Å². The van der Waals surface area contributed by atoms with E-state index in [1.165, 1.54) is 12.1 Å². The van der Waals surface area contributed by atoms with Crippen molar-refractivity contribution in [3.63, 3.8) is 0 Å². The molecule has 2 heterocycles. The Kier molecular flexibility index (Phi) is 3.52. The van der Waals surface area contributed by atoms with E-state index in [9.17, 15) is 4.39 Å². The quantitative estimate of drug-likeness (QED) is 0.921. The van der Waals surface area contributed by atoms with Gasteiger partial charge in [-0.25, -0.2) is 9.37 Å². The van der Waals surface area contributed by atoms with Gasteiger partial charge in [-0.2, -0.15) is 0 Å². The molecule has 1 fully saturated rings. The van der Waals surface area contributed by atoms with Crippen LogP contribution in [-0.2, 0) is 5.41 Å². The molecule has 1 aromatic heterocycles. The molecule has 0 radical (unpaired) electrons. The summed E-state index contributed by atoms with van der Waals surface area (Å²) in [6.45, 7) is 4.20. The molecular formula is C15H17ClFN3. The smallest absolute Gasteiger partial charge is 0.125 e. The van der Waals surface area contributed by atoms with Crippen LogP contribution in [0.3, 0.4) is 0 Å². The predicted molar refractivity (Wildman–Crippen MR) is 78.0 cm³/mol. The van der Waals surface area contributed by atoms with Crippen molar-refractivity contribution < 1.29 is 4.39 Å². The molecule has 20 heavy (non-hydrogen) atoms. The van der Waals surface area contributed by atoms with Gasteiger partial charge in [-0.3, -0.25) is 0 Å². The summed E-state index contributed by atoms with van der Waals surface area (Å²) in [5.41, 5.74) is 1.78. The monoisotopic (exact) mass is 293 g/mol. The summed E-state index contributed by atoms with van der Waals surface area (Å²) in [6, 6.07) is 4.41. The highest BCUT2D eigenvalue weighted by molar-refractivity contribution is 6.32. The molecule has 1 aliphatic rings. The molecule has 3 rings (SSSR count). The second-order valence-electron chi connectivity index (χ2n) is 5.56. The van der Waals surface area contributed by atoms with Crippen molar-refractivity contribution in [1.29, 1.82) is 0 Å². The molecule has 106 valence electrons. The van der Waals surface area contributed by atoms with Gasteiger partial charge in [0, 0.05) is 17.3 Å². The van der Waals surface area contributed by atoms with Crippen LogP contribution < -0.4 is 5.32 Å². The van der Waals surface area contributed by atoms with E-state index in [2.05, 4.69) is 17.2 Å². The topological polar surface area (TPSA) is 29.9 Å². The first-order chi connectivity index (χ1) is 9.60. The molecule has 5 heteroatoms. The highest BCUT2D eigenvalue weighted by Gasteiger charge is 2.32. The van der Waals surface area contributed by atoms with E-state index in [0.29, 0.717) is 10.7 Å². The third-order valence-corrected chi connectivity index (χ3v) is 4.45. The van der Waals surface area contributed by atoms with E-state index in [1.807, 2.05) is 10.8 Å². The summed E-state index contributed by atoms with van der Waals surface area (Å²) < 4.78 is 15.4. The number of aromatic nitrogens is 2. The van der Waals surface area contributed by atoms with E-state index in [0.717, 1.165) is 31.6 Å². The van der Waals surface area contributed by atoms with Crippen LogP contribution in [0.1, 0.15) is 25.5 Å². The molecule has 1 saturated heterocycles. The summed E-state index contributed by atoms with van der Waals surface area (Å²) >= 11 is 6.22. The van der Waals surface area contributed by atoms with Gasteiger partial charge in [0.05, 0.1) is 17.0 Å². The average molecular weight is 294 g/mol. The Hall–Kier alpha value is -1.39. The largest absolute Gasteiger partial charge is 0.317 e. The first-order valence-electron chi connectivity index (χ1n) is 6.79. The molecule has 0 amide bonds. The van der Waals surface area contributed by atoms with Crippen LogP contribution in [0, 0.1) is 5.82 Å². The Labute approximate surface area is 122 Å². The molecule has 1 aromatic carbocycles. The minimum atomic E-state index is -0.292. The summed E-state index contributed by atoms with van der Waals surface area (Å²) in [7, 11) is 0. The minimum absolute atomic E-state index is 0.0391. The minimum Gasteiger partial charge on any atom is -0.317 e. The number of hydrogen-bond donors (Lipinski definition) is 1. The molecule has 0 spiro atoms. The molecule has 1 aliphatic heterocycles. The lowest BCUT2D eigenvalue weighted by atomic mass is 9.78. The second kappa shape index (κ2) is 5.19. The van der Waals surface area contributed by atoms with Crippen molar-refractivity contribution in [2.24, 2.45) is 0 Å². The molecule has 0 aliphatic carbocycles. The molecule has 3 nitrogen and oxygen atoms in total. The van der Waals surface area contributed by atoms with Gasteiger partial charge in [-0.1, -0.05) is 18.5 Å². The SMILES string of the molecule is CC1(c2cncn2-c2cc(F)ccc2Cl)CCNCC1. The zero-order valence-corrected chi connectivity index (χ0v) is 12.1. The van der Waals surface area contributed by atoms with Gasteiger partial charge in [0.2, 0.25) is 0 Å². The zero-order valence-electron chi connectivity index (χ0n) is 11.4. The van der Waals surface area contributed by atoms with E-state index in [-0.39, 0.29) is 11.2 Å². The summed E-state index contributed by atoms with van der Waals surface area (Å²) in [5.74, 6) is -0.292. The zero-order chi connectivity index (χ0) is 14.2. The van der Waals surface area contributed by atoms with Crippen LogP contribution in [0.4, 0.5) is 4.39 Å². The van der Waals surface area contributed by atoms with Crippen LogP contribution in [-0.4, -0.2) is 22.6 Å². The number of imidazole rings is 1. The summed E-state index contributed by atoms with van der Waals surface area (Å²) in [4.78, 5) is 4.25. The number of rotatable bonds is 2. The molecular weight excluding hydrogens is 277 g/mol. The first-order valence-corrected chi connectivity index (χ1v) is 7.17. The highest BCUT2D eigenvalue weighted by Crippen LogP contribution is 2.35. The van der Waals surface area contributed by atoms with E-state index in [4.69, 9.17) is 11.6 Å². The van der Waals surface area contributed by atoms with Gasteiger partial charge in [-0.15, -0.1) is 0 Å². The fourth-order valence-corrected chi connectivity index (χ4v) is 3.05. The van der Waals surface area contributed by atoms with Crippen molar-refractivity contribution >= 4 is 11.6 Å². The Morgan fingerprint density at radius 1 is 1.35 bits per heavy atom. The van der Waals surface area contributed by atoms with E-state index < -0.39 is 0 Å². The van der Waals surface area contributed by atoms with Crippen molar-refractivity contribution in [3.8, 4) is 5.69 Å². The van der Waals surface area contributed by atoms with Crippen LogP contribution in [0.2, 0.25) is 5.02 Å². The molecule has 0 unspecified atom stereocenters. The number of nitrogens with one attached hydrogen (secondary N) is 1. The third kappa shape index (κ3) is 2.34. The maximum absolute atomic E-state index is 13.5. The van der Waals surface area contributed by atoms with Crippen LogP contribution in [0.25, 0.3) is 5.69 Å². The highest BCUT2D eigenvalue weighted by atomic mass is 35.5. The standard InChI is InChI=1S/C15H17ClFN3/c1-15(4-6-18-7-5-15)14-9-19-10-20(14)13-8-11(17)2-3-12(13)16/h2-3,8-10,18H,4-7H2,1H3. The van der Waals surface area contributed by atoms with Gasteiger partial charge in [-0.05, 0) is 44.1 Å². The van der Waals surface area contributed by atoms with Crippen molar-refractivity contribution in [1.82, 2.24) is 14.9 Å². The lowest BCUT2D eigenvalue weighted by Crippen LogP contribution is -2.38. The lowest BCUT2D eigenvalue weighted by molar-refractivity contribution is 0.324. The summed E-state index contributed by atoms with van der Waals surface area (Å²) in [6.07, 6.45) is 5.65. The Balaban J connectivity index is 2.08. The Bertz CT molecular complexity index is 617. The number of hydrogen-bond acceptors (Lipinski definition) is 2. The number of nitrogens with zero attached hydrogens (tertiary/aromatic N) is 2. The molecule has 1 N–H and O–H groups in total. The number of piperidine rings is 1. The fraction of sp³-hybridized carbons (Fsp3) is 0.400. The normalized spacial score (nSPS) is 18.1. The van der Waals surface area contributed by atoms with Crippen molar-refractivity contribution in [2.45, 2.75) is 25.2 Å². The number of halogens is 2. The van der Waals surface area contributed by atoms with Crippen molar-refractivity contribution in [2.75, 3.05) is 13.1 Å². The third-order valence-electron chi connectivity index (χ3n) is 4.13. The maximum Gasteiger partial charge on any atom is 0.125 e. The lowest BCUT2D eigenvalue weighted by Gasteiger charge is -2.34. The van der Waals surface area contributed by atoms with Gasteiger partial charge >= 0.3 is 0 Å². The Morgan fingerprint density at radius 2 is 2.10 bits per heavy atom. The van der Waals surface area contributed by atoms with Crippen molar-refractivity contribution in [3.05, 3.63) is 47.3 Å².